The van der Waals surface area contributed by atoms with Crippen LogP contribution in [-0.2, 0) is 12.3 Å². The van der Waals surface area contributed by atoms with E-state index >= 15 is 0 Å². The van der Waals surface area contributed by atoms with Crippen LogP contribution in [0.25, 0.3) is 0 Å². The average Bonchev–Trinajstić information content (AvgIpc) is 2.82. The molecule has 24 heavy (non-hydrogen) atoms. The number of aliphatic imine (C=N–C) groups is 1. The Kier molecular flexibility index (Phi) is 8.97. The Bertz CT molecular complexity index is 605. The summed E-state index contributed by atoms with van der Waals surface area (Å²) in [6.45, 7) is 3.21. The lowest BCUT2D eigenvalue weighted by Gasteiger charge is -2.05. The van der Waals surface area contributed by atoms with Crippen LogP contribution in [0.4, 0.5) is 0 Å². The number of nitrogens with zero attached hydrogens (tertiary/aromatic N) is 3. The van der Waals surface area contributed by atoms with Crippen molar-refractivity contribution in [3.63, 3.8) is 0 Å². The summed E-state index contributed by atoms with van der Waals surface area (Å²) in [6.07, 6.45) is 5.14. The summed E-state index contributed by atoms with van der Waals surface area (Å²) in [7, 11) is 4.00. The number of nitro groups is 1. The van der Waals surface area contributed by atoms with Gasteiger partial charge in [-0.1, -0.05) is 5.92 Å². The molecule has 0 bridgehead atoms. The maximum atomic E-state index is 10.6. The van der Waals surface area contributed by atoms with Gasteiger partial charge in [-0.2, -0.15) is 11.8 Å². The summed E-state index contributed by atoms with van der Waals surface area (Å²) in [5, 5.41) is 13.4. The van der Waals surface area contributed by atoms with E-state index in [4.69, 9.17) is 10.8 Å². The molecule has 7 nitrogen and oxygen atoms in total. The number of terminal acetylenes is 1. The highest BCUT2D eigenvalue weighted by molar-refractivity contribution is 7.98. The van der Waals surface area contributed by atoms with Crippen LogP contribution in [0.3, 0.4) is 0 Å². The third-order valence-electron chi connectivity index (χ3n) is 2.99. The summed E-state index contributed by atoms with van der Waals surface area (Å²) in [6, 6.07) is 2.06. The Morgan fingerprint density at radius 1 is 1.58 bits per heavy atom. The number of hydrogen-bond donors (Lipinski definition) is 1. The Hall–Kier alpha value is -1.98. The van der Waals surface area contributed by atoms with Crippen LogP contribution >= 0.6 is 11.8 Å². The van der Waals surface area contributed by atoms with E-state index in [0.717, 1.165) is 35.1 Å². The number of aryl methyl sites for hydroxylation is 1. The minimum atomic E-state index is -0.423. The van der Waals surface area contributed by atoms with Crippen molar-refractivity contribution < 1.29 is 9.34 Å². The maximum Gasteiger partial charge on any atom is 0.259 e. The zero-order valence-corrected chi connectivity index (χ0v) is 15.2. The number of nitrogens with one attached hydrogen (secondary N) is 1. The smallest absolute Gasteiger partial charge is 0.259 e. The third kappa shape index (κ3) is 8.04. The van der Waals surface area contributed by atoms with Crippen molar-refractivity contribution in [2.45, 2.75) is 19.2 Å². The molecule has 0 fully saturated rings. The monoisotopic (exact) mass is 352 g/mol. The highest BCUT2D eigenvalue weighted by Gasteiger charge is 2.09. The number of amidine groups is 1. The molecule has 0 saturated heterocycles. The topological polar surface area (TPSA) is 83.9 Å². The lowest BCUT2D eigenvalue weighted by Crippen LogP contribution is -2.31. The molecule has 1 aromatic rings. The quantitative estimate of drug-likeness (QED) is 0.173. The fourth-order valence-electron chi connectivity index (χ4n) is 1.97. The van der Waals surface area contributed by atoms with E-state index in [1.807, 2.05) is 21.0 Å². The molecular weight excluding hydrogens is 328 g/mol. The fourth-order valence-corrected chi connectivity index (χ4v) is 2.81. The van der Waals surface area contributed by atoms with Crippen molar-refractivity contribution >= 4 is 17.6 Å². The molecule has 8 heteroatoms. The lowest BCUT2D eigenvalue weighted by molar-refractivity contribution is -0.463. The highest BCUT2D eigenvalue weighted by Crippen LogP contribution is 2.20. The first kappa shape index (κ1) is 20.1. The summed E-state index contributed by atoms with van der Waals surface area (Å²) < 4.78 is 5.84. The molecule has 0 aliphatic carbocycles. The van der Waals surface area contributed by atoms with E-state index in [2.05, 4.69) is 27.2 Å². The molecule has 1 aromatic heterocycles. The van der Waals surface area contributed by atoms with Crippen LogP contribution in [0, 0.1) is 29.4 Å². The first-order valence-electron chi connectivity index (χ1n) is 7.55. The summed E-state index contributed by atoms with van der Waals surface area (Å²) in [4.78, 5) is 16.4. The van der Waals surface area contributed by atoms with E-state index in [1.54, 1.807) is 11.8 Å². The zero-order valence-electron chi connectivity index (χ0n) is 14.4. The average molecular weight is 352 g/mol. The van der Waals surface area contributed by atoms with Crippen LogP contribution in [-0.4, -0.2) is 55.1 Å². The predicted octanol–water partition coefficient (Wildman–Crippen LogP) is 1.78. The van der Waals surface area contributed by atoms with Gasteiger partial charge in [-0.05, 0) is 32.6 Å². The maximum absolute atomic E-state index is 10.6. The van der Waals surface area contributed by atoms with Gasteiger partial charge < -0.3 is 14.6 Å². The van der Waals surface area contributed by atoms with Crippen LogP contribution in [0.2, 0.25) is 0 Å². The molecular formula is C16H24N4O3S. The molecule has 1 rings (SSSR count). The van der Waals surface area contributed by atoms with Gasteiger partial charge in [0.2, 0.25) is 0 Å². The Morgan fingerprint density at radius 3 is 2.96 bits per heavy atom. The second-order valence-electron chi connectivity index (χ2n) is 5.49. The molecule has 1 heterocycles. The molecule has 0 aromatic carbocycles. The van der Waals surface area contributed by atoms with Gasteiger partial charge in [0, 0.05) is 10.7 Å². The van der Waals surface area contributed by atoms with E-state index in [-0.39, 0.29) is 13.1 Å². The number of rotatable bonds is 10. The molecule has 0 spiro atoms. The second kappa shape index (κ2) is 10.7. The van der Waals surface area contributed by atoms with Crippen molar-refractivity contribution in [3.05, 3.63) is 33.3 Å². The van der Waals surface area contributed by atoms with E-state index in [1.165, 1.54) is 0 Å². The van der Waals surface area contributed by atoms with Crippen molar-refractivity contribution in [3.8, 4) is 12.3 Å². The van der Waals surface area contributed by atoms with E-state index in [9.17, 15) is 10.1 Å². The van der Waals surface area contributed by atoms with Crippen LogP contribution in [0.5, 0.6) is 0 Å². The molecule has 0 aliphatic rings. The number of hydrogen-bond acceptors (Lipinski definition) is 6. The molecule has 132 valence electrons. The van der Waals surface area contributed by atoms with Gasteiger partial charge in [0.15, 0.2) is 5.84 Å². The molecule has 0 saturated carbocycles. The van der Waals surface area contributed by atoms with Gasteiger partial charge in [0.25, 0.3) is 6.54 Å². The first-order chi connectivity index (χ1) is 11.4. The van der Waals surface area contributed by atoms with E-state index < -0.39 is 4.92 Å². The predicted molar refractivity (Wildman–Crippen MR) is 98.0 cm³/mol. The lowest BCUT2D eigenvalue weighted by atomic mass is 10.3. The standard InChI is InChI=1S/C16H24N4O3S/c1-5-6-17-16(11-20(21)22)18-7-8-24-12-15-13(2)9-14(23-15)10-19(3)4/h1,9H,6-8,10-12H2,2-4H3,(H,17,18). The molecule has 0 amide bonds. The minimum absolute atomic E-state index is 0.236. The first-order valence-corrected chi connectivity index (χ1v) is 8.71. The van der Waals surface area contributed by atoms with E-state index in [0.29, 0.717) is 12.4 Å². The second-order valence-corrected chi connectivity index (χ2v) is 6.59. The van der Waals surface area contributed by atoms with Gasteiger partial charge in [-0.15, -0.1) is 6.42 Å². The normalized spacial score (nSPS) is 11.5. The third-order valence-corrected chi connectivity index (χ3v) is 3.93. The molecule has 1 N–H and O–H groups in total. The summed E-state index contributed by atoms with van der Waals surface area (Å²) >= 11 is 1.69. The van der Waals surface area contributed by atoms with Crippen molar-refractivity contribution in [2.75, 3.05) is 39.5 Å². The van der Waals surface area contributed by atoms with Crippen LogP contribution in [0.15, 0.2) is 15.5 Å². The molecule has 0 aliphatic heterocycles. The summed E-state index contributed by atoms with van der Waals surface area (Å²) in [5.41, 5.74) is 1.15. The van der Waals surface area contributed by atoms with Gasteiger partial charge in [0.05, 0.1) is 25.4 Å². The Balaban J connectivity index is 2.41. The molecule has 0 unspecified atom stereocenters. The fraction of sp³-hybridized carbons (Fsp3) is 0.562. The van der Waals surface area contributed by atoms with Crippen molar-refractivity contribution in [1.29, 1.82) is 0 Å². The number of furan rings is 1. The van der Waals surface area contributed by atoms with Crippen molar-refractivity contribution in [2.24, 2.45) is 4.99 Å². The highest BCUT2D eigenvalue weighted by atomic mass is 32.2. The van der Waals surface area contributed by atoms with Crippen molar-refractivity contribution in [1.82, 2.24) is 10.2 Å². The number of thioether (sulfide) groups is 1. The zero-order chi connectivity index (χ0) is 17.9. The Morgan fingerprint density at radius 2 is 2.33 bits per heavy atom. The largest absolute Gasteiger partial charge is 0.464 e. The Labute approximate surface area is 147 Å². The molecule has 0 atom stereocenters. The van der Waals surface area contributed by atoms with Gasteiger partial charge in [-0.3, -0.25) is 15.1 Å². The van der Waals surface area contributed by atoms with Gasteiger partial charge in [0.1, 0.15) is 11.5 Å². The van der Waals surface area contributed by atoms with Crippen LogP contribution in [0.1, 0.15) is 17.1 Å². The van der Waals surface area contributed by atoms with Gasteiger partial charge >= 0.3 is 0 Å². The summed E-state index contributed by atoms with van der Waals surface area (Å²) in [5.74, 6) is 6.14. The van der Waals surface area contributed by atoms with Gasteiger partial charge in [-0.25, -0.2) is 0 Å². The SMILES string of the molecule is C#CCNC(C[N+](=O)[O-])=NCCSCc1oc(CN(C)C)cc1C. The molecule has 0 radical (unpaired) electrons. The van der Waals surface area contributed by atoms with Crippen LogP contribution < -0.4 is 5.32 Å². The minimum Gasteiger partial charge on any atom is -0.464 e.